The van der Waals surface area contributed by atoms with E-state index in [1.807, 2.05) is 48.5 Å². The van der Waals surface area contributed by atoms with Crippen LogP contribution < -0.4 is 5.56 Å². The van der Waals surface area contributed by atoms with E-state index in [1.165, 1.54) is 10.6 Å². The van der Waals surface area contributed by atoms with Crippen LogP contribution in [0.15, 0.2) is 77.9 Å². The number of carbonyl (C=O) groups is 1. The molecule has 5 nitrogen and oxygen atoms in total. The number of hydrogen-bond acceptors (Lipinski definition) is 3. The molecule has 0 fully saturated rings. The van der Waals surface area contributed by atoms with Gasteiger partial charge >= 0.3 is 0 Å². The molecule has 5 heteroatoms. The van der Waals surface area contributed by atoms with Crippen LogP contribution in [0.3, 0.4) is 0 Å². The quantitative estimate of drug-likeness (QED) is 0.737. The average molecular weight is 333 g/mol. The average Bonchev–Trinajstić information content (AvgIpc) is 2.65. The van der Waals surface area contributed by atoms with Crippen molar-refractivity contribution in [3.8, 4) is 0 Å². The third kappa shape index (κ3) is 3.50. The molecule has 0 spiro atoms. The van der Waals surface area contributed by atoms with E-state index in [0.29, 0.717) is 5.56 Å². The van der Waals surface area contributed by atoms with Crippen LogP contribution in [0.2, 0.25) is 0 Å². The second kappa shape index (κ2) is 7.13. The maximum atomic E-state index is 12.9. The molecule has 0 N–H and O–H groups in total. The van der Waals surface area contributed by atoms with Gasteiger partial charge in [0.15, 0.2) is 0 Å². The zero-order valence-electron chi connectivity index (χ0n) is 14.2. The highest BCUT2D eigenvalue weighted by Gasteiger charge is 2.25. The van der Waals surface area contributed by atoms with Crippen LogP contribution in [0.25, 0.3) is 0 Å². The Morgan fingerprint density at radius 1 is 1.08 bits per heavy atom. The van der Waals surface area contributed by atoms with Gasteiger partial charge < -0.3 is 9.47 Å². The van der Waals surface area contributed by atoms with Crippen molar-refractivity contribution in [2.45, 2.75) is 6.04 Å². The monoisotopic (exact) mass is 333 g/mol. The van der Waals surface area contributed by atoms with Crippen LogP contribution in [-0.2, 0) is 7.05 Å². The van der Waals surface area contributed by atoms with Gasteiger partial charge in [-0.2, -0.15) is 0 Å². The highest BCUT2D eigenvalue weighted by molar-refractivity contribution is 5.94. The number of pyridine rings is 2. The predicted octanol–water partition coefficient (Wildman–Crippen LogP) is 2.64. The number of benzene rings is 1. The fraction of sp³-hybridized carbons (Fsp3) is 0.150. The van der Waals surface area contributed by atoms with Crippen molar-refractivity contribution in [3.05, 3.63) is 100 Å². The first-order valence-corrected chi connectivity index (χ1v) is 7.97. The van der Waals surface area contributed by atoms with Crippen molar-refractivity contribution in [1.82, 2.24) is 14.5 Å². The molecule has 2 heterocycles. The second-order valence-corrected chi connectivity index (χ2v) is 5.85. The van der Waals surface area contributed by atoms with Gasteiger partial charge in [0, 0.05) is 38.1 Å². The van der Waals surface area contributed by atoms with Gasteiger partial charge in [-0.1, -0.05) is 36.4 Å². The minimum atomic E-state index is -0.334. The van der Waals surface area contributed by atoms with Crippen molar-refractivity contribution in [2.75, 3.05) is 7.05 Å². The molecule has 0 aliphatic heterocycles. The fourth-order valence-electron chi connectivity index (χ4n) is 2.77. The zero-order valence-corrected chi connectivity index (χ0v) is 14.2. The summed E-state index contributed by atoms with van der Waals surface area (Å²) in [5.41, 5.74) is 1.88. The summed E-state index contributed by atoms with van der Waals surface area (Å²) in [6.07, 6.45) is 3.31. The summed E-state index contributed by atoms with van der Waals surface area (Å²) in [5.74, 6) is -0.225. The van der Waals surface area contributed by atoms with E-state index in [9.17, 15) is 9.59 Å². The lowest BCUT2D eigenvalue weighted by atomic mass is 10.0. The molecular weight excluding hydrogens is 314 g/mol. The van der Waals surface area contributed by atoms with Crippen LogP contribution in [0.4, 0.5) is 0 Å². The van der Waals surface area contributed by atoms with Gasteiger partial charge in [0.1, 0.15) is 0 Å². The Balaban J connectivity index is 2.02. The Hall–Kier alpha value is -3.21. The molecule has 1 aromatic carbocycles. The Morgan fingerprint density at radius 3 is 2.44 bits per heavy atom. The van der Waals surface area contributed by atoms with Crippen LogP contribution in [0, 0.1) is 0 Å². The number of carbonyl (C=O) groups excluding carboxylic acids is 1. The van der Waals surface area contributed by atoms with Gasteiger partial charge in [0.25, 0.3) is 11.5 Å². The molecular formula is C20H19N3O2. The van der Waals surface area contributed by atoms with Gasteiger partial charge in [0.05, 0.1) is 11.7 Å². The van der Waals surface area contributed by atoms with E-state index in [-0.39, 0.29) is 17.5 Å². The maximum Gasteiger partial charge on any atom is 0.254 e. The van der Waals surface area contributed by atoms with Crippen molar-refractivity contribution in [3.63, 3.8) is 0 Å². The Kier molecular flexibility index (Phi) is 4.75. The molecule has 1 amide bonds. The van der Waals surface area contributed by atoms with E-state index in [1.54, 1.807) is 37.5 Å². The van der Waals surface area contributed by atoms with Crippen LogP contribution in [-0.4, -0.2) is 27.4 Å². The first kappa shape index (κ1) is 16.6. The molecule has 0 radical (unpaired) electrons. The van der Waals surface area contributed by atoms with Gasteiger partial charge in [-0.05, 0) is 23.8 Å². The van der Waals surface area contributed by atoms with E-state index < -0.39 is 0 Å². The van der Waals surface area contributed by atoms with Crippen molar-refractivity contribution < 1.29 is 4.79 Å². The molecule has 0 aliphatic carbocycles. The summed E-state index contributed by atoms with van der Waals surface area (Å²) in [6, 6.07) is 18.0. The third-order valence-corrected chi connectivity index (χ3v) is 4.14. The molecule has 126 valence electrons. The van der Waals surface area contributed by atoms with E-state index in [4.69, 9.17) is 0 Å². The Labute approximate surface area is 146 Å². The first-order valence-electron chi connectivity index (χ1n) is 7.97. The van der Waals surface area contributed by atoms with Gasteiger partial charge in [-0.3, -0.25) is 14.6 Å². The largest absolute Gasteiger partial charge is 0.329 e. The topological polar surface area (TPSA) is 55.2 Å². The number of aromatic nitrogens is 2. The molecule has 3 rings (SSSR count). The lowest BCUT2D eigenvalue weighted by Gasteiger charge is -2.28. The lowest BCUT2D eigenvalue weighted by Crippen LogP contribution is -2.33. The number of amides is 1. The maximum absolute atomic E-state index is 12.9. The third-order valence-electron chi connectivity index (χ3n) is 4.14. The number of aryl methyl sites for hydroxylation is 1. The second-order valence-electron chi connectivity index (χ2n) is 5.85. The van der Waals surface area contributed by atoms with Crippen molar-refractivity contribution >= 4 is 5.91 Å². The fourth-order valence-corrected chi connectivity index (χ4v) is 2.77. The van der Waals surface area contributed by atoms with E-state index in [0.717, 1.165) is 11.3 Å². The summed E-state index contributed by atoms with van der Waals surface area (Å²) < 4.78 is 1.43. The standard InChI is InChI=1S/C20H19N3O2/c1-22-13-11-16(14-18(22)24)20(25)23(2)19(15-8-4-3-5-9-15)17-10-6-7-12-21-17/h3-14,19H,1-2H3. The summed E-state index contributed by atoms with van der Waals surface area (Å²) in [7, 11) is 3.38. The smallest absolute Gasteiger partial charge is 0.254 e. The van der Waals surface area contributed by atoms with Gasteiger partial charge in [-0.25, -0.2) is 0 Å². The zero-order chi connectivity index (χ0) is 17.8. The minimum Gasteiger partial charge on any atom is -0.329 e. The van der Waals surface area contributed by atoms with Gasteiger partial charge in [0.2, 0.25) is 0 Å². The van der Waals surface area contributed by atoms with E-state index in [2.05, 4.69) is 4.98 Å². The van der Waals surface area contributed by atoms with Gasteiger partial charge in [-0.15, -0.1) is 0 Å². The molecule has 0 saturated carbocycles. The molecule has 0 bridgehead atoms. The molecule has 3 aromatic rings. The number of nitrogens with zero attached hydrogens (tertiary/aromatic N) is 3. The lowest BCUT2D eigenvalue weighted by molar-refractivity contribution is 0.0752. The summed E-state index contributed by atoms with van der Waals surface area (Å²) in [5, 5.41) is 0. The molecule has 25 heavy (non-hydrogen) atoms. The normalized spacial score (nSPS) is 11.8. The summed E-state index contributed by atoms with van der Waals surface area (Å²) in [6.45, 7) is 0. The van der Waals surface area contributed by atoms with Crippen molar-refractivity contribution in [1.29, 1.82) is 0 Å². The number of rotatable bonds is 4. The Morgan fingerprint density at radius 2 is 1.80 bits per heavy atom. The molecule has 1 atom stereocenters. The highest BCUT2D eigenvalue weighted by Crippen LogP contribution is 2.27. The molecule has 0 aliphatic rings. The minimum absolute atomic E-state index is 0.214. The predicted molar refractivity (Wildman–Crippen MR) is 96.3 cm³/mol. The number of hydrogen-bond donors (Lipinski definition) is 0. The highest BCUT2D eigenvalue weighted by atomic mass is 16.2. The van der Waals surface area contributed by atoms with E-state index >= 15 is 0 Å². The van der Waals surface area contributed by atoms with Crippen LogP contribution >= 0.6 is 0 Å². The molecule has 0 saturated heterocycles. The van der Waals surface area contributed by atoms with Crippen molar-refractivity contribution in [2.24, 2.45) is 7.05 Å². The first-order chi connectivity index (χ1) is 12.1. The van der Waals surface area contributed by atoms with Crippen LogP contribution in [0.5, 0.6) is 0 Å². The Bertz CT molecular complexity index is 881. The molecule has 1 unspecified atom stereocenters. The van der Waals surface area contributed by atoms with Crippen LogP contribution in [0.1, 0.15) is 27.7 Å². The molecule has 2 aromatic heterocycles. The SMILES string of the molecule is CN(C(=O)c1ccn(C)c(=O)c1)C(c1ccccc1)c1ccccn1. The summed E-state index contributed by atoms with van der Waals surface area (Å²) in [4.78, 5) is 30.8. The summed E-state index contributed by atoms with van der Waals surface area (Å²) >= 11 is 0.